The number of hydrogen-bond donors (Lipinski definition) is 2. The van der Waals surface area contributed by atoms with Crippen LogP contribution >= 0.6 is 11.8 Å². The predicted octanol–water partition coefficient (Wildman–Crippen LogP) is 1.03. The predicted molar refractivity (Wildman–Crippen MR) is 37.3 cm³/mol. The Morgan fingerprint density at radius 1 is 1.22 bits per heavy atom. The summed E-state index contributed by atoms with van der Waals surface area (Å²) in [5.41, 5.74) is 0. The van der Waals surface area contributed by atoms with Crippen molar-refractivity contribution in [1.29, 1.82) is 0 Å². The molecule has 0 heterocycles. The van der Waals surface area contributed by atoms with E-state index in [-0.39, 0.29) is 6.10 Å². The Labute approximate surface area is 60.3 Å². The maximum Gasteiger partial charge on any atom is 0.0541 e. The first-order valence-corrected chi connectivity index (χ1v) is 3.75. The van der Waals surface area contributed by atoms with Crippen LogP contribution in [0.15, 0.2) is 0 Å². The molecule has 0 aromatic heterocycles. The van der Waals surface area contributed by atoms with Crippen LogP contribution in [0.25, 0.3) is 0 Å². The van der Waals surface area contributed by atoms with Crippen LogP contribution in [-0.4, -0.2) is 17.3 Å². The Bertz CT molecular complexity index is 81.1. The lowest BCUT2D eigenvalue weighted by Gasteiger charge is -2.23. The molecule has 54 valence electrons. The maximum absolute atomic E-state index is 9.05. The van der Waals surface area contributed by atoms with Gasteiger partial charge >= 0.3 is 0 Å². The topological polar surface area (TPSA) is 32.3 Å². The quantitative estimate of drug-likeness (QED) is 0.546. The van der Waals surface area contributed by atoms with Crippen molar-refractivity contribution < 1.29 is 5.11 Å². The molecule has 0 saturated heterocycles. The van der Waals surface area contributed by atoms with Crippen LogP contribution in [0.2, 0.25) is 0 Å². The molecule has 0 aromatic carbocycles. The molecule has 2 nitrogen and oxygen atoms in total. The summed E-state index contributed by atoms with van der Waals surface area (Å²) in [5, 5.41) is 9.05. The van der Waals surface area contributed by atoms with E-state index in [1.807, 2.05) is 0 Å². The second-order valence-corrected chi connectivity index (χ2v) is 2.83. The summed E-state index contributed by atoms with van der Waals surface area (Å²) in [6.07, 6.45) is 3.72. The van der Waals surface area contributed by atoms with Gasteiger partial charge in [0.15, 0.2) is 0 Å². The smallest absolute Gasteiger partial charge is 0.0541 e. The van der Waals surface area contributed by atoms with Crippen molar-refractivity contribution in [3.63, 3.8) is 0 Å². The van der Waals surface area contributed by atoms with Crippen LogP contribution in [-0.2, 0) is 0 Å². The van der Waals surface area contributed by atoms with Crippen molar-refractivity contribution in [2.75, 3.05) is 0 Å². The molecule has 1 rings (SSSR count). The average molecular weight is 150 g/mol. The van der Waals surface area contributed by atoms with E-state index in [2.05, 4.69) is 4.84 Å². The van der Waals surface area contributed by atoms with Gasteiger partial charge in [-0.1, -0.05) is 0 Å². The fraction of sp³-hybridized carbons (Fsp3) is 1.00. The minimum Gasteiger partial charge on any atom is -0.393 e. The third-order valence-corrected chi connectivity index (χ3v) is 2.16. The molecule has 1 saturated carbocycles. The van der Waals surface area contributed by atoms with Crippen molar-refractivity contribution in [3.05, 3.63) is 0 Å². The highest BCUT2D eigenvalue weighted by atomic mass is 35.5. The van der Waals surface area contributed by atoms with Gasteiger partial charge in [-0.3, -0.25) is 0 Å². The minimum absolute atomic E-state index is 0.0775. The molecule has 0 unspecified atom stereocenters. The van der Waals surface area contributed by atoms with Crippen LogP contribution in [0.1, 0.15) is 25.7 Å². The Hall–Kier alpha value is 0.210. The molecule has 1 fully saturated rings. The van der Waals surface area contributed by atoms with Gasteiger partial charge < -0.3 is 5.11 Å². The molecule has 0 radical (unpaired) electrons. The molecular weight excluding hydrogens is 138 g/mol. The maximum atomic E-state index is 9.05. The highest BCUT2D eigenvalue weighted by Crippen LogP contribution is 2.18. The third kappa shape index (κ3) is 2.12. The number of aliphatic hydroxyl groups is 1. The van der Waals surface area contributed by atoms with Crippen molar-refractivity contribution in [3.8, 4) is 0 Å². The normalized spacial score (nSPS) is 36.7. The van der Waals surface area contributed by atoms with Crippen LogP contribution < -0.4 is 4.84 Å². The molecule has 0 spiro atoms. The second-order valence-electron chi connectivity index (χ2n) is 2.61. The lowest BCUT2D eigenvalue weighted by molar-refractivity contribution is 0.121. The zero-order valence-corrected chi connectivity index (χ0v) is 6.06. The third-order valence-electron chi connectivity index (χ3n) is 1.85. The van der Waals surface area contributed by atoms with Gasteiger partial charge in [0.2, 0.25) is 0 Å². The fourth-order valence-corrected chi connectivity index (χ4v) is 1.40. The summed E-state index contributed by atoms with van der Waals surface area (Å²) >= 11 is 5.40. The Morgan fingerprint density at radius 3 is 2.22 bits per heavy atom. The van der Waals surface area contributed by atoms with E-state index in [9.17, 15) is 0 Å². The second kappa shape index (κ2) is 3.40. The molecule has 0 aliphatic heterocycles. The first-order chi connectivity index (χ1) is 4.33. The molecule has 0 atom stereocenters. The summed E-state index contributed by atoms with van der Waals surface area (Å²) < 4.78 is 0. The summed E-state index contributed by atoms with van der Waals surface area (Å²) in [7, 11) is 0. The fourth-order valence-electron chi connectivity index (χ4n) is 1.18. The van der Waals surface area contributed by atoms with Crippen LogP contribution in [0, 0.1) is 0 Å². The summed E-state index contributed by atoms with van der Waals surface area (Å²) in [4.78, 5) is 2.69. The van der Waals surface area contributed by atoms with Gasteiger partial charge in [0.1, 0.15) is 0 Å². The number of aliphatic hydroxyl groups excluding tert-OH is 1. The SMILES string of the molecule is O[C@H]1CC[C@H](NCl)CC1. The van der Waals surface area contributed by atoms with Gasteiger partial charge in [-0.2, -0.15) is 0 Å². The number of nitrogens with one attached hydrogen (secondary N) is 1. The van der Waals surface area contributed by atoms with Gasteiger partial charge in [0.25, 0.3) is 0 Å². The molecule has 2 N–H and O–H groups in total. The molecule has 9 heavy (non-hydrogen) atoms. The van der Waals surface area contributed by atoms with E-state index in [0.717, 1.165) is 25.7 Å². The standard InChI is InChI=1S/C6H12ClNO/c7-8-5-1-3-6(9)4-2-5/h5-6,8-9H,1-4H2/t5-,6-. The molecule has 0 aromatic rings. The highest BCUT2D eigenvalue weighted by Gasteiger charge is 2.17. The van der Waals surface area contributed by atoms with Crippen LogP contribution in [0.3, 0.4) is 0 Å². The first kappa shape index (κ1) is 7.32. The molecule has 0 bridgehead atoms. The summed E-state index contributed by atoms with van der Waals surface area (Å²) in [6, 6.07) is 0.426. The van der Waals surface area contributed by atoms with Crippen molar-refractivity contribution in [2.45, 2.75) is 37.8 Å². The van der Waals surface area contributed by atoms with E-state index < -0.39 is 0 Å². The molecule has 0 amide bonds. The molecule has 1 aliphatic carbocycles. The Balaban J connectivity index is 2.18. The zero-order chi connectivity index (χ0) is 6.69. The number of hydrogen-bond acceptors (Lipinski definition) is 2. The van der Waals surface area contributed by atoms with Crippen LogP contribution in [0.5, 0.6) is 0 Å². The lowest BCUT2D eigenvalue weighted by Crippen LogP contribution is -2.28. The van der Waals surface area contributed by atoms with Gasteiger partial charge in [-0.15, -0.1) is 0 Å². The first-order valence-electron chi connectivity index (χ1n) is 3.37. The molecule has 3 heteroatoms. The van der Waals surface area contributed by atoms with E-state index in [0.29, 0.717) is 6.04 Å². The minimum atomic E-state index is -0.0775. The van der Waals surface area contributed by atoms with E-state index in [4.69, 9.17) is 16.9 Å². The van der Waals surface area contributed by atoms with Gasteiger partial charge in [0, 0.05) is 6.04 Å². The van der Waals surface area contributed by atoms with Gasteiger partial charge in [-0.05, 0) is 37.5 Å². The molecular formula is C6H12ClNO. The number of halogens is 1. The largest absolute Gasteiger partial charge is 0.393 e. The number of rotatable bonds is 1. The average Bonchev–Trinajstić information content (AvgIpc) is 1.90. The summed E-state index contributed by atoms with van der Waals surface area (Å²) in [6.45, 7) is 0. The van der Waals surface area contributed by atoms with Crippen LogP contribution in [0.4, 0.5) is 0 Å². The molecule has 1 aliphatic rings. The Morgan fingerprint density at radius 2 is 1.78 bits per heavy atom. The van der Waals surface area contributed by atoms with Gasteiger partial charge in [-0.25, -0.2) is 4.84 Å². The van der Waals surface area contributed by atoms with E-state index >= 15 is 0 Å². The van der Waals surface area contributed by atoms with Gasteiger partial charge in [0.05, 0.1) is 6.10 Å². The van der Waals surface area contributed by atoms with E-state index in [1.54, 1.807) is 0 Å². The highest BCUT2D eigenvalue weighted by molar-refractivity contribution is 6.13. The Kier molecular flexibility index (Phi) is 2.76. The van der Waals surface area contributed by atoms with Crippen molar-refractivity contribution in [1.82, 2.24) is 4.84 Å². The lowest BCUT2D eigenvalue weighted by atomic mass is 9.94. The zero-order valence-electron chi connectivity index (χ0n) is 5.31. The summed E-state index contributed by atoms with van der Waals surface area (Å²) in [5.74, 6) is 0. The van der Waals surface area contributed by atoms with Crippen molar-refractivity contribution in [2.24, 2.45) is 0 Å². The van der Waals surface area contributed by atoms with Crippen molar-refractivity contribution >= 4 is 11.8 Å². The van der Waals surface area contributed by atoms with E-state index in [1.165, 1.54) is 0 Å². The monoisotopic (exact) mass is 149 g/mol.